The smallest absolute Gasteiger partial charge is 0.123 e. The first kappa shape index (κ1) is 12.0. The van der Waals surface area contributed by atoms with Crippen LogP contribution in [0, 0.1) is 17.8 Å². The SMILES string of the molecule is CN(Cc1ccc(N)nc1)CC1CC2CCC1C2. The van der Waals surface area contributed by atoms with E-state index in [1.807, 2.05) is 12.3 Å². The molecule has 2 aliphatic carbocycles. The zero-order chi connectivity index (χ0) is 12.5. The number of nitrogens with zero attached hydrogens (tertiary/aromatic N) is 2. The molecule has 1 heterocycles. The summed E-state index contributed by atoms with van der Waals surface area (Å²) in [6, 6.07) is 3.97. The molecule has 1 aromatic heterocycles. The number of anilines is 1. The lowest BCUT2D eigenvalue weighted by Crippen LogP contribution is -2.28. The van der Waals surface area contributed by atoms with Crippen LogP contribution in [0.4, 0.5) is 5.82 Å². The van der Waals surface area contributed by atoms with Gasteiger partial charge in [-0.2, -0.15) is 0 Å². The van der Waals surface area contributed by atoms with E-state index in [0.717, 1.165) is 24.3 Å². The van der Waals surface area contributed by atoms with Gasteiger partial charge in [-0.3, -0.25) is 0 Å². The number of rotatable bonds is 4. The topological polar surface area (TPSA) is 42.1 Å². The minimum absolute atomic E-state index is 0.606. The third-order valence-corrected chi connectivity index (χ3v) is 4.73. The highest BCUT2D eigenvalue weighted by atomic mass is 15.1. The number of pyridine rings is 1. The molecule has 0 amide bonds. The van der Waals surface area contributed by atoms with Gasteiger partial charge in [0.1, 0.15) is 5.82 Å². The molecule has 0 saturated heterocycles. The van der Waals surface area contributed by atoms with Gasteiger partial charge in [-0.05, 0) is 55.7 Å². The highest BCUT2D eigenvalue weighted by Gasteiger charge is 2.39. The van der Waals surface area contributed by atoms with Crippen molar-refractivity contribution in [3.8, 4) is 0 Å². The Bertz CT molecular complexity index is 401. The maximum atomic E-state index is 5.61. The van der Waals surface area contributed by atoms with Crippen molar-refractivity contribution in [3.05, 3.63) is 23.9 Å². The quantitative estimate of drug-likeness (QED) is 0.886. The Labute approximate surface area is 109 Å². The van der Waals surface area contributed by atoms with Gasteiger partial charge in [-0.15, -0.1) is 0 Å². The van der Waals surface area contributed by atoms with Gasteiger partial charge in [0.2, 0.25) is 0 Å². The third kappa shape index (κ3) is 2.51. The Morgan fingerprint density at radius 3 is 2.83 bits per heavy atom. The molecule has 2 aliphatic rings. The summed E-state index contributed by atoms with van der Waals surface area (Å²) < 4.78 is 0. The second-order valence-corrected chi connectivity index (χ2v) is 6.22. The van der Waals surface area contributed by atoms with E-state index in [0.29, 0.717) is 5.82 Å². The van der Waals surface area contributed by atoms with Crippen LogP contribution in [-0.2, 0) is 6.54 Å². The highest BCUT2D eigenvalue weighted by molar-refractivity contribution is 5.29. The molecule has 0 aliphatic heterocycles. The van der Waals surface area contributed by atoms with E-state index >= 15 is 0 Å². The van der Waals surface area contributed by atoms with Crippen molar-refractivity contribution in [2.75, 3.05) is 19.3 Å². The lowest BCUT2D eigenvalue weighted by Gasteiger charge is -2.27. The summed E-state index contributed by atoms with van der Waals surface area (Å²) in [7, 11) is 2.22. The van der Waals surface area contributed by atoms with E-state index in [4.69, 9.17) is 5.73 Å². The van der Waals surface area contributed by atoms with Crippen molar-refractivity contribution < 1.29 is 0 Å². The second-order valence-electron chi connectivity index (χ2n) is 6.22. The number of hydrogen-bond acceptors (Lipinski definition) is 3. The first-order valence-corrected chi connectivity index (χ1v) is 7.09. The molecule has 2 saturated carbocycles. The zero-order valence-electron chi connectivity index (χ0n) is 11.2. The van der Waals surface area contributed by atoms with E-state index in [1.165, 1.54) is 37.8 Å². The average molecular weight is 245 g/mol. The standard InChI is InChI=1S/C15H23N3/c1-18(9-12-3-5-15(16)17-8-12)10-14-7-11-2-4-13(14)6-11/h3,5,8,11,13-14H,2,4,6-7,9-10H2,1H3,(H2,16,17). The molecule has 3 heteroatoms. The fourth-order valence-electron chi connectivity index (χ4n) is 3.91. The molecule has 18 heavy (non-hydrogen) atoms. The first-order valence-electron chi connectivity index (χ1n) is 7.09. The van der Waals surface area contributed by atoms with Gasteiger partial charge in [0.05, 0.1) is 0 Å². The van der Waals surface area contributed by atoms with Gasteiger partial charge in [-0.1, -0.05) is 12.5 Å². The molecule has 98 valence electrons. The summed E-state index contributed by atoms with van der Waals surface area (Å²) in [6.07, 6.45) is 7.84. The van der Waals surface area contributed by atoms with Gasteiger partial charge in [0.15, 0.2) is 0 Å². The van der Waals surface area contributed by atoms with E-state index in [-0.39, 0.29) is 0 Å². The highest BCUT2D eigenvalue weighted by Crippen LogP contribution is 2.48. The normalized spacial score (nSPS) is 30.2. The molecule has 3 atom stereocenters. The summed E-state index contributed by atoms with van der Waals surface area (Å²) >= 11 is 0. The summed E-state index contributed by atoms with van der Waals surface area (Å²) in [5.74, 6) is 3.61. The number of nitrogens with two attached hydrogens (primary N) is 1. The van der Waals surface area contributed by atoms with Crippen molar-refractivity contribution in [1.29, 1.82) is 0 Å². The summed E-state index contributed by atoms with van der Waals surface area (Å²) in [6.45, 7) is 2.23. The van der Waals surface area contributed by atoms with Crippen molar-refractivity contribution in [1.82, 2.24) is 9.88 Å². The predicted octanol–water partition coefficient (Wildman–Crippen LogP) is 2.53. The molecule has 3 rings (SSSR count). The van der Waals surface area contributed by atoms with Crippen LogP contribution in [0.1, 0.15) is 31.2 Å². The van der Waals surface area contributed by atoms with Crippen LogP contribution < -0.4 is 5.73 Å². The molecule has 3 nitrogen and oxygen atoms in total. The molecule has 0 aromatic carbocycles. The van der Waals surface area contributed by atoms with Crippen molar-refractivity contribution in [2.45, 2.75) is 32.2 Å². The van der Waals surface area contributed by atoms with Crippen LogP contribution in [0.3, 0.4) is 0 Å². The molecule has 2 N–H and O–H groups in total. The fourth-order valence-corrected chi connectivity index (χ4v) is 3.91. The fraction of sp³-hybridized carbons (Fsp3) is 0.667. The summed E-state index contributed by atoms with van der Waals surface area (Å²) in [5.41, 5.74) is 6.87. The largest absolute Gasteiger partial charge is 0.384 e. The molecule has 3 unspecified atom stereocenters. The second kappa shape index (κ2) is 4.88. The van der Waals surface area contributed by atoms with E-state index in [9.17, 15) is 0 Å². The Morgan fingerprint density at radius 1 is 1.33 bits per heavy atom. The predicted molar refractivity (Wildman–Crippen MR) is 73.9 cm³/mol. The molecular formula is C15H23N3. The number of hydrogen-bond donors (Lipinski definition) is 1. The average Bonchev–Trinajstić information content (AvgIpc) is 2.94. The first-order chi connectivity index (χ1) is 8.70. The van der Waals surface area contributed by atoms with Gasteiger partial charge in [0, 0.05) is 19.3 Å². The Morgan fingerprint density at radius 2 is 2.22 bits per heavy atom. The van der Waals surface area contributed by atoms with Gasteiger partial charge in [-0.25, -0.2) is 4.98 Å². The van der Waals surface area contributed by atoms with Crippen LogP contribution in [0.5, 0.6) is 0 Å². The van der Waals surface area contributed by atoms with Crippen LogP contribution in [0.25, 0.3) is 0 Å². The molecular weight excluding hydrogens is 222 g/mol. The maximum absolute atomic E-state index is 5.61. The minimum Gasteiger partial charge on any atom is -0.384 e. The summed E-state index contributed by atoms with van der Waals surface area (Å²) in [4.78, 5) is 6.60. The van der Waals surface area contributed by atoms with E-state index in [1.54, 1.807) is 0 Å². The lowest BCUT2D eigenvalue weighted by molar-refractivity contribution is 0.214. The molecule has 1 aromatic rings. The lowest BCUT2D eigenvalue weighted by atomic mass is 9.88. The van der Waals surface area contributed by atoms with Crippen molar-refractivity contribution >= 4 is 5.82 Å². The summed E-state index contributed by atoms with van der Waals surface area (Å²) in [5, 5.41) is 0. The van der Waals surface area contributed by atoms with Crippen LogP contribution in [0.2, 0.25) is 0 Å². The molecule has 0 radical (unpaired) electrons. The van der Waals surface area contributed by atoms with Crippen LogP contribution in [-0.4, -0.2) is 23.5 Å². The maximum Gasteiger partial charge on any atom is 0.123 e. The number of nitrogen functional groups attached to an aromatic ring is 1. The van der Waals surface area contributed by atoms with Gasteiger partial charge in [0.25, 0.3) is 0 Å². The Kier molecular flexibility index (Phi) is 3.25. The number of fused-ring (bicyclic) bond motifs is 2. The Hall–Kier alpha value is -1.09. The number of aromatic nitrogens is 1. The zero-order valence-corrected chi connectivity index (χ0v) is 11.2. The molecule has 0 spiro atoms. The van der Waals surface area contributed by atoms with Crippen LogP contribution in [0.15, 0.2) is 18.3 Å². The molecule has 2 fully saturated rings. The van der Waals surface area contributed by atoms with Crippen molar-refractivity contribution in [3.63, 3.8) is 0 Å². The molecule has 2 bridgehead atoms. The third-order valence-electron chi connectivity index (χ3n) is 4.73. The van der Waals surface area contributed by atoms with Gasteiger partial charge >= 0.3 is 0 Å². The minimum atomic E-state index is 0.606. The van der Waals surface area contributed by atoms with E-state index in [2.05, 4.69) is 23.0 Å². The van der Waals surface area contributed by atoms with Crippen molar-refractivity contribution in [2.24, 2.45) is 17.8 Å². The van der Waals surface area contributed by atoms with Gasteiger partial charge < -0.3 is 10.6 Å². The monoisotopic (exact) mass is 245 g/mol. The van der Waals surface area contributed by atoms with E-state index < -0.39 is 0 Å². The van der Waals surface area contributed by atoms with Crippen LogP contribution >= 0.6 is 0 Å². The Balaban J connectivity index is 1.52.